The number of fused-ring (bicyclic) bond motifs is 5. The maximum absolute atomic E-state index is 6.28. The third-order valence-corrected chi connectivity index (χ3v) is 7.29. The predicted octanol–water partition coefficient (Wildman–Crippen LogP) is 8.65. The molecule has 1 aromatic heterocycles. The lowest BCUT2D eigenvalue weighted by atomic mass is 9.92. The number of benzene rings is 5. The maximum Gasteiger partial charge on any atom is 0.135 e. The van der Waals surface area contributed by atoms with E-state index in [-0.39, 0.29) is 0 Å². The lowest BCUT2D eigenvalue weighted by Gasteiger charge is -2.22. The molecule has 5 aromatic carbocycles. The first-order valence-corrected chi connectivity index (χ1v) is 10.9. The van der Waals surface area contributed by atoms with Gasteiger partial charge in [0, 0.05) is 31.1 Å². The second-order valence-corrected chi connectivity index (χ2v) is 8.81. The zero-order valence-electron chi connectivity index (χ0n) is 16.1. The first-order valence-electron chi connectivity index (χ1n) is 10.1. The minimum atomic E-state index is 0.925. The molecule has 6 aromatic rings. The van der Waals surface area contributed by atoms with E-state index in [1.165, 1.54) is 47.6 Å². The summed E-state index contributed by atoms with van der Waals surface area (Å²) in [5.41, 5.74) is 4.91. The Morgan fingerprint density at radius 1 is 0.567 bits per heavy atom. The lowest BCUT2D eigenvalue weighted by Crippen LogP contribution is -1.97. The van der Waals surface area contributed by atoms with Crippen LogP contribution in [-0.4, -0.2) is 0 Å². The van der Waals surface area contributed by atoms with Crippen LogP contribution in [0.2, 0.25) is 0 Å². The summed E-state index contributed by atoms with van der Waals surface area (Å²) in [6.07, 6.45) is 0. The van der Waals surface area contributed by atoms with Crippen LogP contribution in [0.5, 0.6) is 11.5 Å². The van der Waals surface area contributed by atoms with Crippen molar-refractivity contribution >= 4 is 42.3 Å². The average molecular weight is 401 g/mol. The molecule has 0 saturated heterocycles. The van der Waals surface area contributed by atoms with Gasteiger partial charge in [0.25, 0.3) is 0 Å². The Bertz CT molecular complexity index is 1620. The molecule has 0 N–H and O–H groups in total. The molecule has 2 heteroatoms. The van der Waals surface area contributed by atoms with Crippen LogP contribution in [0.1, 0.15) is 0 Å². The van der Waals surface area contributed by atoms with Crippen molar-refractivity contribution in [3.05, 3.63) is 97.1 Å². The van der Waals surface area contributed by atoms with E-state index >= 15 is 0 Å². The van der Waals surface area contributed by atoms with E-state index in [4.69, 9.17) is 4.74 Å². The molecule has 140 valence electrons. The topological polar surface area (TPSA) is 9.23 Å². The van der Waals surface area contributed by atoms with E-state index in [1.807, 2.05) is 11.3 Å². The highest BCUT2D eigenvalue weighted by molar-refractivity contribution is 7.26. The van der Waals surface area contributed by atoms with Crippen molar-refractivity contribution < 1.29 is 4.74 Å². The summed E-state index contributed by atoms with van der Waals surface area (Å²) in [4.78, 5) is 0. The van der Waals surface area contributed by atoms with Gasteiger partial charge < -0.3 is 4.74 Å². The van der Waals surface area contributed by atoms with E-state index < -0.39 is 0 Å². The molecule has 1 aliphatic heterocycles. The minimum absolute atomic E-state index is 0.925. The Labute approximate surface area is 177 Å². The van der Waals surface area contributed by atoms with E-state index in [0.29, 0.717) is 0 Å². The van der Waals surface area contributed by atoms with Crippen LogP contribution in [0, 0.1) is 0 Å². The molecule has 0 spiro atoms. The fourth-order valence-corrected chi connectivity index (χ4v) is 5.94. The normalized spacial score (nSPS) is 12.3. The second-order valence-electron chi connectivity index (χ2n) is 7.75. The number of hydrogen-bond donors (Lipinski definition) is 0. The summed E-state index contributed by atoms with van der Waals surface area (Å²) < 4.78 is 8.95. The van der Waals surface area contributed by atoms with Crippen LogP contribution in [0.3, 0.4) is 0 Å². The van der Waals surface area contributed by atoms with Gasteiger partial charge in [0.05, 0.1) is 0 Å². The molecule has 0 fully saturated rings. The molecule has 30 heavy (non-hydrogen) atoms. The summed E-state index contributed by atoms with van der Waals surface area (Å²) >= 11 is 1.87. The number of hydrogen-bond acceptors (Lipinski definition) is 2. The highest BCUT2D eigenvalue weighted by Gasteiger charge is 2.20. The molecule has 2 heterocycles. The van der Waals surface area contributed by atoms with Crippen molar-refractivity contribution in [1.82, 2.24) is 0 Å². The van der Waals surface area contributed by atoms with E-state index in [0.717, 1.165) is 17.1 Å². The standard InChI is InChI=1S/C28H16OS/c1-2-13-26-20(8-1)22-11-5-9-19(28(22)30-26)18-14-15-24-23(16-18)21-10-3-6-17-7-4-12-25(29-24)27(17)21/h1-16H. The molecule has 0 amide bonds. The Balaban J connectivity index is 1.50. The van der Waals surface area contributed by atoms with Crippen LogP contribution < -0.4 is 4.74 Å². The summed E-state index contributed by atoms with van der Waals surface area (Å²) in [5, 5.41) is 5.08. The summed E-state index contributed by atoms with van der Waals surface area (Å²) in [7, 11) is 0. The van der Waals surface area contributed by atoms with Gasteiger partial charge in [0.2, 0.25) is 0 Å². The summed E-state index contributed by atoms with van der Waals surface area (Å²) in [6.45, 7) is 0. The van der Waals surface area contributed by atoms with E-state index in [2.05, 4.69) is 97.1 Å². The smallest absolute Gasteiger partial charge is 0.135 e. The second kappa shape index (κ2) is 5.94. The molecule has 0 saturated carbocycles. The van der Waals surface area contributed by atoms with Gasteiger partial charge in [0.1, 0.15) is 11.5 Å². The third-order valence-electron chi connectivity index (χ3n) is 6.07. The molecule has 7 rings (SSSR count). The molecule has 1 aliphatic rings. The van der Waals surface area contributed by atoms with Gasteiger partial charge in [-0.2, -0.15) is 0 Å². The molecular weight excluding hydrogens is 384 g/mol. The van der Waals surface area contributed by atoms with Crippen molar-refractivity contribution in [3.63, 3.8) is 0 Å². The fourth-order valence-electron chi connectivity index (χ4n) is 4.71. The number of rotatable bonds is 1. The Hall–Kier alpha value is -3.62. The van der Waals surface area contributed by atoms with Crippen LogP contribution in [-0.2, 0) is 0 Å². The molecule has 0 unspecified atom stereocenters. The SMILES string of the molecule is c1cc2c3c(cccc3c1)-c1cc(-c3cccc4c3sc3ccccc34)ccc1O2. The zero-order valence-corrected chi connectivity index (χ0v) is 16.9. The Morgan fingerprint density at radius 2 is 1.37 bits per heavy atom. The molecule has 0 aliphatic carbocycles. The van der Waals surface area contributed by atoms with Crippen molar-refractivity contribution in [1.29, 1.82) is 0 Å². The first-order chi connectivity index (χ1) is 14.9. The van der Waals surface area contributed by atoms with E-state index in [1.54, 1.807) is 0 Å². The van der Waals surface area contributed by atoms with Gasteiger partial charge in [0.15, 0.2) is 0 Å². The quantitative estimate of drug-likeness (QED) is 0.268. The van der Waals surface area contributed by atoms with Gasteiger partial charge in [-0.3, -0.25) is 0 Å². The van der Waals surface area contributed by atoms with Crippen molar-refractivity contribution in [3.8, 4) is 33.8 Å². The van der Waals surface area contributed by atoms with Crippen LogP contribution in [0.15, 0.2) is 97.1 Å². The zero-order chi connectivity index (χ0) is 19.7. The summed E-state index contributed by atoms with van der Waals surface area (Å²) in [5.74, 6) is 1.86. The van der Waals surface area contributed by atoms with Gasteiger partial charge in [-0.1, -0.05) is 72.8 Å². The first kappa shape index (κ1) is 16.2. The lowest BCUT2D eigenvalue weighted by molar-refractivity contribution is 0.487. The van der Waals surface area contributed by atoms with Gasteiger partial charge >= 0.3 is 0 Å². The van der Waals surface area contributed by atoms with E-state index in [9.17, 15) is 0 Å². The van der Waals surface area contributed by atoms with Crippen LogP contribution in [0.4, 0.5) is 0 Å². The monoisotopic (exact) mass is 400 g/mol. The molecule has 0 atom stereocenters. The van der Waals surface area contributed by atoms with Crippen molar-refractivity contribution in [2.45, 2.75) is 0 Å². The Kier molecular flexibility index (Phi) is 3.21. The van der Waals surface area contributed by atoms with Crippen LogP contribution in [0.25, 0.3) is 53.2 Å². The fraction of sp³-hybridized carbons (Fsp3) is 0. The predicted molar refractivity (Wildman–Crippen MR) is 128 cm³/mol. The average Bonchev–Trinajstić information content (AvgIpc) is 3.18. The van der Waals surface area contributed by atoms with Gasteiger partial charge in [-0.15, -0.1) is 11.3 Å². The number of thiophene rings is 1. The third kappa shape index (κ3) is 2.17. The molecule has 1 nitrogen and oxygen atoms in total. The number of ether oxygens (including phenoxy) is 1. The van der Waals surface area contributed by atoms with Crippen molar-refractivity contribution in [2.75, 3.05) is 0 Å². The molecule has 0 bridgehead atoms. The highest BCUT2D eigenvalue weighted by Crippen LogP contribution is 2.48. The minimum Gasteiger partial charge on any atom is -0.456 e. The largest absolute Gasteiger partial charge is 0.456 e. The summed E-state index contributed by atoms with van der Waals surface area (Å²) in [6, 6.07) is 34.7. The highest BCUT2D eigenvalue weighted by atomic mass is 32.1. The van der Waals surface area contributed by atoms with Crippen LogP contribution >= 0.6 is 11.3 Å². The Morgan fingerprint density at radius 3 is 2.33 bits per heavy atom. The molecular formula is C28H16OS. The van der Waals surface area contributed by atoms with Gasteiger partial charge in [-0.25, -0.2) is 0 Å². The van der Waals surface area contributed by atoms with Crippen molar-refractivity contribution in [2.24, 2.45) is 0 Å². The molecule has 0 radical (unpaired) electrons. The van der Waals surface area contributed by atoms with Gasteiger partial charge in [-0.05, 0) is 46.3 Å². The maximum atomic E-state index is 6.28.